The van der Waals surface area contributed by atoms with Gasteiger partial charge in [-0.2, -0.15) is 0 Å². The number of nitrogens with one attached hydrogen (secondary N) is 2. The number of amides is 3. The smallest absolute Gasteiger partial charge is 0.253 e. The van der Waals surface area contributed by atoms with Crippen molar-refractivity contribution in [1.29, 1.82) is 0 Å². The van der Waals surface area contributed by atoms with Crippen LogP contribution in [-0.4, -0.2) is 70.1 Å². The molecule has 9 heteroatoms. The lowest BCUT2D eigenvalue weighted by Gasteiger charge is -2.23. The van der Waals surface area contributed by atoms with E-state index in [4.69, 9.17) is 14.2 Å². The van der Waals surface area contributed by atoms with Gasteiger partial charge in [-0.15, -0.1) is 0 Å². The van der Waals surface area contributed by atoms with Gasteiger partial charge in [0.05, 0.1) is 21.3 Å². The SMILES string of the molecule is COc1ccc(C(=O)NCCCN(CCCNC(=O)c2ccc(OC)cc2)C(=O)c2ccc(OC)cc2)cc1. The molecule has 0 spiro atoms. The van der Waals surface area contributed by atoms with Crippen molar-refractivity contribution in [1.82, 2.24) is 15.5 Å². The number of rotatable bonds is 14. The second kappa shape index (κ2) is 15.0. The number of nitrogens with zero attached hydrogens (tertiary/aromatic N) is 1. The van der Waals surface area contributed by atoms with Crippen LogP contribution in [0.4, 0.5) is 0 Å². The van der Waals surface area contributed by atoms with Crippen LogP contribution in [0, 0.1) is 0 Å². The second-order valence-corrected chi connectivity index (χ2v) is 8.70. The summed E-state index contributed by atoms with van der Waals surface area (Å²) in [6.45, 7) is 1.71. The summed E-state index contributed by atoms with van der Waals surface area (Å²) in [5.74, 6) is 1.53. The van der Waals surface area contributed by atoms with Gasteiger partial charge in [-0.3, -0.25) is 14.4 Å². The summed E-state index contributed by atoms with van der Waals surface area (Å²) in [4.78, 5) is 39.9. The van der Waals surface area contributed by atoms with Gasteiger partial charge in [0.25, 0.3) is 17.7 Å². The highest BCUT2D eigenvalue weighted by Gasteiger charge is 2.16. The minimum Gasteiger partial charge on any atom is -0.497 e. The summed E-state index contributed by atoms with van der Waals surface area (Å²) in [6.07, 6.45) is 1.14. The van der Waals surface area contributed by atoms with Gasteiger partial charge >= 0.3 is 0 Å². The maximum Gasteiger partial charge on any atom is 0.253 e. The van der Waals surface area contributed by atoms with Gasteiger partial charge in [0.2, 0.25) is 0 Å². The predicted octanol–water partition coefficient (Wildman–Crippen LogP) is 3.79. The molecular weight excluding hydrogens is 498 g/mol. The van der Waals surface area contributed by atoms with Gasteiger partial charge in [0.1, 0.15) is 17.2 Å². The van der Waals surface area contributed by atoms with Crippen LogP contribution in [0.2, 0.25) is 0 Å². The van der Waals surface area contributed by atoms with Crippen LogP contribution in [0.25, 0.3) is 0 Å². The summed E-state index contributed by atoms with van der Waals surface area (Å²) in [5, 5.41) is 5.79. The summed E-state index contributed by atoms with van der Waals surface area (Å²) < 4.78 is 15.4. The van der Waals surface area contributed by atoms with E-state index in [0.29, 0.717) is 73.0 Å². The minimum atomic E-state index is -0.188. The monoisotopic (exact) mass is 533 g/mol. The number of hydrogen-bond acceptors (Lipinski definition) is 6. The molecular formula is C30H35N3O6. The average molecular weight is 534 g/mol. The van der Waals surface area contributed by atoms with Crippen molar-refractivity contribution in [2.45, 2.75) is 12.8 Å². The summed E-state index contributed by atoms with van der Waals surface area (Å²) in [6, 6.07) is 20.7. The third-order valence-corrected chi connectivity index (χ3v) is 6.11. The fourth-order valence-electron chi connectivity index (χ4n) is 3.86. The molecule has 3 rings (SSSR count). The molecule has 0 unspecified atom stereocenters. The Labute approximate surface area is 229 Å². The molecule has 206 valence electrons. The molecule has 2 N–H and O–H groups in total. The van der Waals surface area contributed by atoms with Crippen molar-refractivity contribution in [3.8, 4) is 17.2 Å². The molecule has 0 aliphatic carbocycles. The second-order valence-electron chi connectivity index (χ2n) is 8.70. The van der Waals surface area contributed by atoms with E-state index < -0.39 is 0 Å². The lowest BCUT2D eigenvalue weighted by molar-refractivity contribution is 0.0751. The third kappa shape index (κ3) is 8.77. The molecule has 0 radical (unpaired) electrons. The largest absolute Gasteiger partial charge is 0.497 e. The normalized spacial score (nSPS) is 10.3. The van der Waals surface area contributed by atoms with Crippen LogP contribution >= 0.6 is 0 Å². The summed E-state index contributed by atoms with van der Waals surface area (Å²) in [7, 11) is 4.72. The Kier molecular flexibility index (Phi) is 11.2. The standard InChI is InChI=1S/C30H35N3O6/c1-37-25-12-6-22(7-13-25)28(34)31-18-4-20-33(30(36)24-10-16-27(39-3)17-11-24)21-5-19-32-29(35)23-8-14-26(38-2)15-9-23/h6-17H,4-5,18-21H2,1-3H3,(H,31,34)(H,32,35). The van der Waals surface area contributed by atoms with Gasteiger partial charge in [0, 0.05) is 42.9 Å². The number of hydrogen-bond donors (Lipinski definition) is 2. The first-order valence-corrected chi connectivity index (χ1v) is 12.7. The lowest BCUT2D eigenvalue weighted by atomic mass is 10.1. The number of ether oxygens (including phenoxy) is 3. The number of carbonyl (C=O) groups is 3. The van der Waals surface area contributed by atoms with Gasteiger partial charge in [0.15, 0.2) is 0 Å². The van der Waals surface area contributed by atoms with Gasteiger partial charge < -0.3 is 29.7 Å². The van der Waals surface area contributed by atoms with E-state index in [1.54, 1.807) is 99.0 Å². The Morgan fingerprint density at radius 1 is 0.564 bits per heavy atom. The Morgan fingerprint density at radius 3 is 1.23 bits per heavy atom. The molecule has 3 amide bonds. The Balaban J connectivity index is 1.53. The number of methoxy groups -OCH3 is 3. The van der Waals surface area contributed by atoms with Crippen LogP contribution in [0.15, 0.2) is 72.8 Å². The van der Waals surface area contributed by atoms with Crippen molar-refractivity contribution in [2.75, 3.05) is 47.5 Å². The molecule has 0 fully saturated rings. The van der Waals surface area contributed by atoms with E-state index in [-0.39, 0.29) is 17.7 Å². The lowest BCUT2D eigenvalue weighted by Crippen LogP contribution is -2.36. The van der Waals surface area contributed by atoms with E-state index in [1.807, 2.05) is 0 Å². The van der Waals surface area contributed by atoms with Gasteiger partial charge in [-0.05, 0) is 85.6 Å². The molecule has 0 aromatic heterocycles. The molecule has 0 saturated heterocycles. The molecule has 3 aromatic carbocycles. The van der Waals surface area contributed by atoms with E-state index >= 15 is 0 Å². The minimum absolute atomic E-state index is 0.124. The first-order chi connectivity index (χ1) is 18.9. The third-order valence-electron chi connectivity index (χ3n) is 6.11. The zero-order chi connectivity index (χ0) is 28.0. The maximum atomic E-state index is 13.3. The van der Waals surface area contributed by atoms with Gasteiger partial charge in [-0.25, -0.2) is 0 Å². The van der Waals surface area contributed by atoms with Crippen LogP contribution in [0.1, 0.15) is 43.9 Å². The Bertz CT molecular complexity index is 1140. The Morgan fingerprint density at radius 2 is 0.897 bits per heavy atom. The van der Waals surface area contributed by atoms with E-state index in [9.17, 15) is 14.4 Å². The van der Waals surface area contributed by atoms with Crippen LogP contribution < -0.4 is 24.8 Å². The first-order valence-electron chi connectivity index (χ1n) is 12.7. The molecule has 0 bridgehead atoms. The molecule has 3 aromatic rings. The zero-order valence-electron chi connectivity index (χ0n) is 22.6. The average Bonchev–Trinajstić information content (AvgIpc) is 2.99. The number of carbonyl (C=O) groups excluding carboxylic acids is 3. The molecule has 0 heterocycles. The van der Waals surface area contributed by atoms with Crippen molar-refractivity contribution in [3.63, 3.8) is 0 Å². The van der Waals surface area contributed by atoms with E-state index in [1.165, 1.54) is 0 Å². The predicted molar refractivity (Wildman–Crippen MR) is 149 cm³/mol. The molecule has 9 nitrogen and oxygen atoms in total. The van der Waals surface area contributed by atoms with Gasteiger partial charge in [-0.1, -0.05) is 0 Å². The maximum absolute atomic E-state index is 13.3. The molecule has 0 aliphatic heterocycles. The van der Waals surface area contributed by atoms with E-state index in [0.717, 1.165) is 0 Å². The quantitative estimate of drug-likeness (QED) is 0.306. The van der Waals surface area contributed by atoms with Crippen molar-refractivity contribution in [2.24, 2.45) is 0 Å². The van der Waals surface area contributed by atoms with Crippen LogP contribution in [-0.2, 0) is 0 Å². The van der Waals surface area contributed by atoms with Crippen LogP contribution in [0.5, 0.6) is 17.2 Å². The fraction of sp³-hybridized carbons (Fsp3) is 0.300. The van der Waals surface area contributed by atoms with Crippen LogP contribution in [0.3, 0.4) is 0 Å². The fourth-order valence-corrected chi connectivity index (χ4v) is 3.86. The molecule has 39 heavy (non-hydrogen) atoms. The van der Waals surface area contributed by atoms with Crippen molar-refractivity contribution >= 4 is 17.7 Å². The molecule has 0 saturated carbocycles. The first kappa shape index (κ1) is 29.0. The highest BCUT2D eigenvalue weighted by Crippen LogP contribution is 2.15. The molecule has 0 aliphatic rings. The van der Waals surface area contributed by atoms with E-state index in [2.05, 4.69) is 10.6 Å². The molecule has 0 atom stereocenters. The number of benzene rings is 3. The highest BCUT2D eigenvalue weighted by atomic mass is 16.5. The topological polar surface area (TPSA) is 106 Å². The Hall–Kier alpha value is -4.53. The summed E-state index contributed by atoms with van der Waals surface area (Å²) >= 11 is 0. The summed E-state index contributed by atoms with van der Waals surface area (Å²) in [5.41, 5.74) is 1.62. The zero-order valence-corrected chi connectivity index (χ0v) is 22.6. The highest BCUT2D eigenvalue weighted by molar-refractivity contribution is 5.95. The van der Waals surface area contributed by atoms with Crippen molar-refractivity contribution < 1.29 is 28.6 Å². The van der Waals surface area contributed by atoms with Crippen molar-refractivity contribution in [3.05, 3.63) is 89.5 Å².